The zero-order chi connectivity index (χ0) is 15.0. The van der Waals surface area contributed by atoms with Crippen LogP contribution in [-0.4, -0.2) is 9.97 Å². The largest absolute Gasteiger partial charge is 0.487 e. The number of fused-ring (bicyclic) bond motifs is 1. The van der Waals surface area contributed by atoms with Gasteiger partial charge in [0.2, 0.25) is 0 Å². The second kappa shape index (κ2) is 5.16. The number of ether oxygens (including phenoxy) is 1. The lowest BCUT2D eigenvalue weighted by Gasteiger charge is -2.07. The molecule has 5 heteroatoms. The van der Waals surface area contributed by atoms with Gasteiger partial charge in [-0.3, -0.25) is 4.98 Å². The second-order valence-electron chi connectivity index (χ2n) is 4.97. The lowest BCUT2D eigenvalue weighted by molar-refractivity contribution is 0.308. The van der Waals surface area contributed by atoms with E-state index in [9.17, 15) is 8.78 Å². The van der Waals surface area contributed by atoms with Gasteiger partial charge >= 0.3 is 0 Å². The Balaban J connectivity index is 1.90. The summed E-state index contributed by atoms with van der Waals surface area (Å²) in [7, 11) is 0. The molecule has 0 atom stereocenters. The van der Waals surface area contributed by atoms with Crippen molar-refractivity contribution < 1.29 is 13.5 Å². The van der Waals surface area contributed by atoms with E-state index in [0.717, 1.165) is 28.4 Å². The minimum atomic E-state index is -0.611. The second-order valence-corrected chi connectivity index (χ2v) is 4.97. The highest BCUT2D eigenvalue weighted by Crippen LogP contribution is 2.27. The number of aryl methyl sites for hydroxylation is 2. The van der Waals surface area contributed by atoms with E-state index in [2.05, 4.69) is 9.97 Å². The molecule has 0 aliphatic heterocycles. The molecule has 108 valence electrons. The fraction of sp³-hybridized carbons (Fsp3) is 0.188. The average molecular weight is 288 g/mol. The number of pyridine rings is 1. The number of aromatic amines is 1. The van der Waals surface area contributed by atoms with E-state index < -0.39 is 11.6 Å². The maximum atomic E-state index is 13.2. The number of nitrogens with zero attached hydrogens (tertiary/aromatic N) is 1. The van der Waals surface area contributed by atoms with Gasteiger partial charge in [0.05, 0.1) is 5.52 Å². The molecule has 3 aromatic rings. The van der Waals surface area contributed by atoms with Crippen LogP contribution in [0.25, 0.3) is 11.0 Å². The lowest BCUT2D eigenvalue weighted by Crippen LogP contribution is -1.98. The number of nitrogens with one attached hydrogen (secondary N) is 1. The van der Waals surface area contributed by atoms with E-state index >= 15 is 0 Å². The molecular weight excluding hydrogens is 274 g/mol. The minimum absolute atomic E-state index is 0.0882. The van der Waals surface area contributed by atoms with Gasteiger partial charge in [-0.2, -0.15) is 0 Å². The van der Waals surface area contributed by atoms with Crippen LogP contribution in [-0.2, 0) is 6.61 Å². The maximum absolute atomic E-state index is 13.2. The summed E-state index contributed by atoms with van der Waals surface area (Å²) in [6, 6.07) is 5.08. The Hall–Kier alpha value is -2.43. The molecule has 1 aromatic carbocycles. The molecule has 1 N–H and O–H groups in total. The van der Waals surface area contributed by atoms with Crippen LogP contribution in [0.5, 0.6) is 5.75 Å². The molecule has 2 aromatic heterocycles. The van der Waals surface area contributed by atoms with Crippen molar-refractivity contribution in [2.45, 2.75) is 20.5 Å². The predicted molar refractivity (Wildman–Crippen MR) is 76.3 cm³/mol. The molecule has 0 fully saturated rings. The fourth-order valence-electron chi connectivity index (χ4n) is 2.28. The van der Waals surface area contributed by atoms with Crippen LogP contribution in [0.3, 0.4) is 0 Å². The monoisotopic (exact) mass is 288 g/mol. The van der Waals surface area contributed by atoms with Crippen molar-refractivity contribution in [3.05, 3.63) is 58.9 Å². The van der Waals surface area contributed by atoms with E-state index in [1.807, 2.05) is 13.8 Å². The van der Waals surface area contributed by atoms with Gasteiger partial charge in [0.15, 0.2) is 0 Å². The summed E-state index contributed by atoms with van der Waals surface area (Å²) in [5.41, 5.74) is 4.16. The Morgan fingerprint density at radius 2 is 1.86 bits per heavy atom. The van der Waals surface area contributed by atoms with E-state index in [1.165, 1.54) is 12.1 Å². The number of rotatable bonds is 3. The molecule has 0 aliphatic carbocycles. The summed E-state index contributed by atoms with van der Waals surface area (Å²) < 4.78 is 32.0. The number of hydrogen-bond acceptors (Lipinski definition) is 2. The van der Waals surface area contributed by atoms with Crippen molar-refractivity contribution in [3.8, 4) is 5.75 Å². The van der Waals surface area contributed by atoms with Crippen molar-refractivity contribution in [1.29, 1.82) is 0 Å². The molecule has 0 amide bonds. The van der Waals surface area contributed by atoms with Crippen LogP contribution in [0.1, 0.15) is 16.8 Å². The predicted octanol–water partition coefficient (Wildman–Crippen LogP) is 4.04. The third-order valence-electron chi connectivity index (χ3n) is 3.46. The Labute approximate surface area is 120 Å². The zero-order valence-corrected chi connectivity index (χ0v) is 11.7. The first-order valence-corrected chi connectivity index (χ1v) is 6.56. The van der Waals surface area contributed by atoms with Crippen LogP contribution in [0.2, 0.25) is 0 Å². The summed E-state index contributed by atoms with van der Waals surface area (Å²) in [5.74, 6) is -0.610. The number of halogens is 2. The highest BCUT2D eigenvalue weighted by atomic mass is 19.1. The highest BCUT2D eigenvalue weighted by Gasteiger charge is 2.10. The average Bonchev–Trinajstić information content (AvgIpc) is 2.72. The van der Waals surface area contributed by atoms with Gasteiger partial charge in [0.25, 0.3) is 0 Å². The summed E-state index contributed by atoms with van der Waals surface area (Å²) in [6.45, 7) is 4.03. The van der Waals surface area contributed by atoms with Gasteiger partial charge in [-0.05, 0) is 37.1 Å². The minimum Gasteiger partial charge on any atom is -0.487 e. The Kier molecular flexibility index (Phi) is 3.33. The molecule has 0 saturated heterocycles. The number of benzene rings is 1. The molecule has 0 radical (unpaired) electrons. The number of hydrogen-bond donors (Lipinski definition) is 1. The van der Waals surface area contributed by atoms with E-state index in [4.69, 9.17) is 4.74 Å². The normalized spacial score (nSPS) is 11.0. The quantitative estimate of drug-likeness (QED) is 0.790. The molecule has 3 rings (SSSR count). The SMILES string of the molecule is Cc1[nH]c2c(OCc3cc(F)cc(F)c3)ccnc2c1C. The van der Waals surface area contributed by atoms with E-state index in [0.29, 0.717) is 11.3 Å². The summed E-state index contributed by atoms with van der Waals surface area (Å²) in [4.78, 5) is 7.53. The topological polar surface area (TPSA) is 37.9 Å². The number of H-pyrrole nitrogens is 1. The Bertz CT molecular complexity index is 791. The Morgan fingerprint density at radius 1 is 1.14 bits per heavy atom. The summed E-state index contributed by atoms with van der Waals surface area (Å²) in [6.07, 6.45) is 1.66. The standard InChI is InChI=1S/C16H14F2N2O/c1-9-10(2)20-16-14(3-4-19-15(9)16)21-8-11-5-12(17)7-13(18)6-11/h3-7,20H,8H2,1-2H3. The molecule has 0 aliphatic rings. The maximum Gasteiger partial charge on any atom is 0.147 e. The van der Waals surface area contributed by atoms with Crippen molar-refractivity contribution >= 4 is 11.0 Å². The number of aromatic nitrogens is 2. The lowest BCUT2D eigenvalue weighted by atomic mass is 10.2. The molecule has 0 bridgehead atoms. The van der Waals surface area contributed by atoms with Gasteiger partial charge in [-0.25, -0.2) is 8.78 Å². The van der Waals surface area contributed by atoms with Crippen LogP contribution < -0.4 is 4.74 Å². The van der Waals surface area contributed by atoms with Gasteiger partial charge in [0.1, 0.15) is 29.5 Å². The van der Waals surface area contributed by atoms with Crippen LogP contribution >= 0.6 is 0 Å². The molecule has 0 spiro atoms. The van der Waals surface area contributed by atoms with Crippen LogP contribution in [0.4, 0.5) is 8.78 Å². The third kappa shape index (κ3) is 2.59. The molecule has 3 nitrogen and oxygen atoms in total. The van der Waals surface area contributed by atoms with Gasteiger partial charge in [0, 0.05) is 24.0 Å². The van der Waals surface area contributed by atoms with Crippen molar-refractivity contribution in [1.82, 2.24) is 9.97 Å². The molecule has 0 saturated carbocycles. The smallest absolute Gasteiger partial charge is 0.147 e. The van der Waals surface area contributed by atoms with E-state index in [1.54, 1.807) is 12.3 Å². The molecule has 2 heterocycles. The molecule has 21 heavy (non-hydrogen) atoms. The first-order chi connectivity index (χ1) is 10.0. The van der Waals surface area contributed by atoms with Gasteiger partial charge in [-0.1, -0.05) is 0 Å². The van der Waals surface area contributed by atoms with Gasteiger partial charge < -0.3 is 9.72 Å². The molecular formula is C16H14F2N2O. The van der Waals surface area contributed by atoms with Crippen LogP contribution in [0, 0.1) is 25.5 Å². The Morgan fingerprint density at radius 3 is 2.57 bits per heavy atom. The van der Waals surface area contributed by atoms with Crippen molar-refractivity contribution in [2.24, 2.45) is 0 Å². The summed E-state index contributed by atoms with van der Waals surface area (Å²) in [5, 5.41) is 0. The third-order valence-corrected chi connectivity index (χ3v) is 3.46. The highest BCUT2D eigenvalue weighted by molar-refractivity contribution is 5.85. The van der Waals surface area contributed by atoms with Gasteiger partial charge in [-0.15, -0.1) is 0 Å². The first kappa shape index (κ1) is 13.5. The fourth-order valence-corrected chi connectivity index (χ4v) is 2.28. The van der Waals surface area contributed by atoms with E-state index in [-0.39, 0.29) is 6.61 Å². The van der Waals surface area contributed by atoms with Crippen molar-refractivity contribution in [2.75, 3.05) is 0 Å². The van der Waals surface area contributed by atoms with Crippen molar-refractivity contribution in [3.63, 3.8) is 0 Å². The summed E-state index contributed by atoms with van der Waals surface area (Å²) >= 11 is 0. The first-order valence-electron chi connectivity index (χ1n) is 6.56. The molecule has 0 unspecified atom stereocenters. The zero-order valence-electron chi connectivity index (χ0n) is 11.7. The van der Waals surface area contributed by atoms with Crippen LogP contribution in [0.15, 0.2) is 30.5 Å².